The molecule has 3 saturated heterocycles. The number of ether oxygens (including phenoxy) is 10. The molecule has 0 bridgehead atoms. The molecule has 0 spiro atoms. The lowest BCUT2D eigenvalue weighted by atomic mass is 9.94. The Morgan fingerprint density at radius 1 is 0.698 bits per heavy atom. The predicted molar refractivity (Wildman–Crippen MR) is 171 cm³/mol. The number of amides is 2. The summed E-state index contributed by atoms with van der Waals surface area (Å²) in [6.45, 7) is 2.70. The lowest BCUT2D eigenvalue weighted by molar-refractivity contribution is -0.337. The van der Waals surface area contributed by atoms with Gasteiger partial charge in [-0.2, -0.15) is 0 Å². The summed E-state index contributed by atoms with van der Waals surface area (Å²) in [4.78, 5) is 91.0. The van der Waals surface area contributed by atoms with E-state index in [9.17, 15) is 33.6 Å². The summed E-state index contributed by atoms with van der Waals surface area (Å²) in [5.74, 6) is -5.29. The van der Waals surface area contributed by atoms with Gasteiger partial charge in [0.15, 0.2) is 43.1 Å². The minimum absolute atomic E-state index is 0.0617. The van der Waals surface area contributed by atoms with E-state index in [0.29, 0.717) is 4.90 Å². The fourth-order valence-electron chi connectivity index (χ4n) is 6.11. The van der Waals surface area contributed by atoms with Crippen LogP contribution in [0.3, 0.4) is 0 Å². The Kier molecular flexibility index (Phi) is 12.4. The highest BCUT2D eigenvalue weighted by Gasteiger charge is 2.62. The molecule has 2 aromatic carbocycles. The van der Waals surface area contributed by atoms with Crippen LogP contribution in [0, 0.1) is 0 Å². The molecule has 10 atom stereocenters. The van der Waals surface area contributed by atoms with Crippen molar-refractivity contribution in [3.05, 3.63) is 71.8 Å². The van der Waals surface area contributed by atoms with Gasteiger partial charge in [0, 0.05) is 27.9 Å². The molecular formula is C35H37NO17. The smallest absolute Gasteiger partial charge is 0.417 e. The third-order valence-electron chi connectivity index (χ3n) is 8.40. The summed E-state index contributed by atoms with van der Waals surface area (Å²) in [5.41, 5.74) is 0.164. The quantitative estimate of drug-likeness (QED) is 0.234. The number of hydrogen-bond acceptors (Lipinski definition) is 17. The Labute approximate surface area is 302 Å². The first-order valence-electron chi connectivity index (χ1n) is 16.2. The van der Waals surface area contributed by atoms with Gasteiger partial charge in [0.05, 0.1) is 18.2 Å². The Balaban J connectivity index is 1.61. The van der Waals surface area contributed by atoms with Crippen LogP contribution < -0.4 is 0 Å². The Morgan fingerprint density at radius 2 is 1.28 bits per heavy atom. The summed E-state index contributed by atoms with van der Waals surface area (Å²) < 4.78 is 56.8. The molecule has 0 N–H and O–H groups in total. The third-order valence-corrected chi connectivity index (χ3v) is 8.40. The lowest BCUT2D eigenvalue weighted by Crippen LogP contribution is -2.68. The Hall–Kier alpha value is -5.43. The molecule has 0 radical (unpaired) electrons. The normalized spacial score (nSPS) is 29.2. The molecule has 3 heterocycles. The van der Waals surface area contributed by atoms with E-state index in [4.69, 9.17) is 47.4 Å². The molecule has 3 aliphatic rings. The highest BCUT2D eigenvalue weighted by Crippen LogP contribution is 2.39. The van der Waals surface area contributed by atoms with E-state index < -0.39 is 110 Å². The number of esters is 5. The second-order valence-corrected chi connectivity index (χ2v) is 11.9. The lowest BCUT2D eigenvalue weighted by Gasteiger charge is -2.47. The van der Waals surface area contributed by atoms with E-state index in [2.05, 4.69) is 0 Å². The van der Waals surface area contributed by atoms with E-state index in [0.717, 1.165) is 27.9 Å². The van der Waals surface area contributed by atoms with Crippen molar-refractivity contribution in [2.75, 3.05) is 20.8 Å². The van der Waals surface area contributed by atoms with Gasteiger partial charge in [-0.1, -0.05) is 36.4 Å². The first kappa shape index (κ1) is 38.8. The fraction of sp³-hybridized carbons (Fsp3) is 0.457. The SMILES string of the molecule is COC(=O)[C@H]1O[C@H](OC)[C@H](OC(=O)c2ccccc2)[C@@H](OC(=O)c2ccccc2)[C@@H]1O[C@H]1O[C@H](COC(C)=O)[C@@H](OC(C)=O)[C@@H]2OC(=O)N(C(C)=O)[C@@H]12. The fourth-order valence-corrected chi connectivity index (χ4v) is 6.11. The van der Waals surface area contributed by atoms with Crippen molar-refractivity contribution in [1.82, 2.24) is 4.90 Å². The second-order valence-electron chi connectivity index (χ2n) is 11.9. The van der Waals surface area contributed by atoms with Crippen molar-refractivity contribution < 1.29 is 80.9 Å². The number of carbonyl (C=O) groups excluding carboxylic acids is 7. The van der Waals surface area contributed by atoms with Crippen LogP contribution in [-0.4, -0.2) is 129 Å². The van der Waals surface area contributed by atoms with Crippen molar-refractivity contribution >= 4 is 41.8 Å². The van der Waals surface area contributed by atoms with Crippen molar-refractivity contribution in [1.29, 1.82) is 0 Å². The van der Waals surface area contributed by atoms with Gasteiger partial charge in [0.2, 0.25) is 5.91 Å². The van der Waals surface area contributed by atoms with Gasteiger partial charge in [-0.05, 0) is 24.3 Å². The predicted octanol–water partition coefficient (Wildman–Crippen LogP) is 1.32. The van der Waals surface area contributed by atoms with Crippen LogP contribution in [0.4, 0.5) is 4.79 Å². The van der Waals surface area contributed by atoms with Crippen molar-refractivity contribution in [3.8, 4) is 0 Å². The average molecular weight is 744 g/mol. The number of imide groups is 1. The molecule has 18 heteroatoms. The molecule has 0 saturated carbocycles. The molecule has 18 nitrogen and oxygen atoms in total. The van der Waals surface area contributed by atoms with E-state index in [1.54, 1.807) is 36.4 Å². The van der Waals surface area contributed by atoms with E-state index in [1.807, 2.05) is 0 Å². The zero-order valence-corrected chi connectivity index (χ0v) is 29.1. The van der Waals surface area contributed by atoms with Crippen LogP contribution in [0.5, 0.6) is 0 Å². The zero-order valence-electron chi connectivity index (χ0n) is 29.1. The molecule has 0 unspecified atom stereocenters. The molecule has 284 valence electrons. The van der Waals surface area contributed by atoms with Gasteiger partial charge in [-0.3, -0.25) is 14.4 Å². The number of fused-ring (bicyclic) bond motifs is 1. The molecule has 5 rings (SSSR count). The van der Waals surface area contributed by atoms with Crippen LogP contribution in [0.2, 0.25) is 0 Å². The standard InChI is InChI=1S/C35H37NO17/c1-17(37)36-23-25(53-35(36)43)24(47-19(3)39)22(16-46-18(2)38)48-33(23)51-26-27(49-30(40)20-12-8-6-9-13-20)29(34(45-5)52-28(26)32(42)44-4)50-31(41)21-14-10-7-11-15-21/h6-15,22-29,33-34H,16H2,1-5H3/t22-,23-,24-,25-,26+,27+,28+,29-,33-,34+/m1/s1. The summed E-state index contributed by atoms with van der Waals surface area (Å²) in [6.07, 6.45) is -15.7. The topological polar surface area (TPSA) is 215 Å². The van der Waals surface area contributed by atoms with Crippen LogP contribution >= 0.6 is 0 Å². The largest absolute Gasteiger partial charge is 0.467 e. The first-order valence-corrected chi connectivity index (χ1v) is 16.2. The number of benzene rings is 2. The van der Waals surface area contributed by atoms with Crippen molar-refractivity contribution in [2.24, 2.45) is 0 Å². The minimum atomic E-state index is -1.80. The highest BCUT2D eigenvalue weighted by molar-refractivity contribution is 5.93. The van der Waals surface area contributed by atoms with Gasteiger partial charge in [0.1, 0.15) is 24.9 Å². The maximum absolute atomic E-state index is 13.6. The van der Waals surface area contributed by atoms with Crippen molar-refractivity contribution in [3.63, 3.8) is 0 Å². The van der Waals surface area contributed by atoms with Gasteiger partial charge in [0.25, 0.3) is 0 Å². The monoisotopic (exact) mass is 743 g/mol. The second kappa shape index (κ2) is 16.9. The van der Waals surface area contributed by atoms with Crippen LogP contribution in [0.25, 0.3) is 0 Å². The van der Waals surface area contributed by atoms with Crippen LogP contribution in [0.15, 0.2) is 60.7 Å². The molecule has 3 fully saturated rings. The average Bonchev–Trinajstić information content (AvgIpc) is 3.50. The Morgan fingerprint density at radius 3 is 1.79 bits per heavy atom. The van der Waals surface area contributed by atoms with Gasteiger partial charge >= 0.3 is 35.9 Å². The van der Waals surface area contributed by atoms with Crippen LogP contribution in [0.1, 0.15) is 41.5 Å². The number of carbonyl (C=O) groups is 7. The molecule has 3 aliphatic heterocycles. The highest BCUT2D eigenvalue weighted by atomic mass is 16.8. The molecule has 53 heavy (non-hydrogen) atoms. The maximum Gasteiger partial charge on any atom is 0.417 e. The molecule has 2 amide bonds. The minimum Gasteiger partial charge on any atom is -0.467 e. The van der Waals surface area contributed by atoms with E-state index >= 15 is 0 Å². The van der Waals surface area contributed by atoms with Crippen molar-refractivity contribution in [2.45, 2.75) is 82.1 Å². The third kappa shape index (κ3) is 8.62. The zero-order chi connectivity index (χ0) is 38.4. The van der Waals surface area contributed by atoms with Gasteiger partial charge in [-0.15, -0.1) is 0 Å². The first-order chi connectivity index (χ1) is 25.3. The molecule has 0 aliphatic carbocycles. The van der Waals surface area contributed by atoms with E-state index in [-0.39, 0.29) is 11.1 Å². The van der Waals surface area contributed by atoms with E-state index in [1.165, 1.54) is 31.4 Å². The summed E-state index contributed by atoms with van der Waals surface area (Å²) in [7, 11) is 2.24. The molecule has 2 aromatic rings. The molecular weight excluding hydrogens is 706 g/mol. The van der Waals surface area contributed by atoms with Gasteiger partial charge in [-0.25, -0.2) is 24.1 Å². The number of nitrogens with zero attached hydrogens (tertiary/aromatic N) is 1. The summed E-state index contributed by atoms with van der Waals surface area (Å²) in [6, 6.07) is 14.0. The van der Waals surface area contributed by atoms with Crippen LogP contribution in [-0.2, 0) is 66.5 Å². The Bertz CT molecular complexity index is 1690. The molecule has 0 aromatic heterocycles. The maximum atomic E-state index is 13.6. The number of rotatable bonds is 11. The summed E-state index contributed by atoms with van der Waals surface area (Å²) in [5, 5.41) is 0. The summed E-state index contributed by atoms with van der Waals surface area (Å²) >= 11 is 0. The van der Waals surface area contributed by atoms with Gasteiger partial charge < -0.3 is 47.4 Å². The number of hydrogen-bond donors (Lipinski definition) is 0. The number of methoxy groups -OCH3 is 2.